The minimum absolute atomic E-state index is 0.200. The van der Waals surface area contributed by atoms with Gasteiger partial charge in [0.1, 0.15) is 0 Å². The number of rotatable bonds is 6. The highest BCUT2D eigenvalue weighted by molar-refractivity contribution is 5.99. The Morgan fingerprint density at radius 2 is 1.88 bits per heavy atom. The number of carbonyl (C=O) groups is 1. The Bertz CT molecular complexity index is 869. The first-order valence-corrected chi connectivity index (χ1v) is 7.41. The Hall–Kier alpha value is -3.41. The lowest BCUT2D eigenvalue weighted by molar-refractivity contribution is -0.125. The number of hydrazone groups is 1. The molecule has 6 heteroatoms. The van der Waals surface area contributed by atoms with Crippen LogP contribution in [-0.2, 0) is 9.63 Å². The molecule has 0 aliphatic carbocycles. The van der Waals surface area contributed by atoms with E-state index in [1.165, 1.54) is 0 Å². The highest BCUT2D eigenvalue weighted by Crippen LogP contribution is 2.15. The molecule has 0 saturated heterocycles. The molecule has 120 valence electrons. The summed E-state index contributed by atoms with van der Waals surface area (Å²) in [6.07, 6.45) is 4.97. The molecule has 0 unspecified atom stereocenters. The fraction of sp³-hybridized carbons (Fsp3) is 0.0556. The van der Waals surface area contributed by atoms with Gasteiger partial charge in [-0.25, -0.2) is 5.43 Å². The molecule has 3 rings (SSSR count). The SMILES string of the molecule is O=C(CO/N=C\c1ccccc1)N/N=C/c1c[nH]c2ccccc12. The standard InChI is InChI=1S/C18H16N4O2/c23-18(13-24-21-10-14-6-2-1-3-7-14)22-20-12-15-11-19-17-9-5-4-8-16(15)17/h1-12,19H,13H2,(H,22,23)/b20-12+,21-10-. The number of carbonyl (C=O) groups excluding carboxylic acids is 1. The molecule has 2 aromatic carbocycles. The van der Waals surface area contributed by atoms with Crippen LogP contribution in [0.15, 0.2) is 71.1 Å². The van der Waals surface area contributed by atoms with Crippen LogP contribution in [0, 0.1) is 0 Å². The number of aromatic nitrogens is 1. The fourth-order valence-electron chi connectivity index (χ4n) is 2.14. The molecular weight excluding hydrogens is 304 g/mol. The van der Waals surface area contributed by atoms with Crippen LogP contribution in [0.1, 0.15) is 11.1 Å². The molecule has 2 N–H and O–H groups in total. The van der Waals surface area contributed by atoms with E-state index in [0.717, 1.165) is 22.0 Å². The van der Waals surface area contributed by atoms with Crippen LogP contribution in [0.5, 0.6) is 0 Å². The summed E-state index contributed by atoms with van der Waals surface area (Å²) in [5.74, 6) is -0.378. The van der Waals surface area contributed by atoms with Crippen molar-refractivity contribution in [2.45, 2.75) is 0 Å². The lowest BCUT2D eigenvalue weighted by Gasteiger charge is -1.98. The molecule has 1 aromatic heterocycles. The van der Waals surface area contributed by atoms with Crippen molar-refractivity contribution in [3.05, 3.63) is 71.9 Å². The maximum Gasteiger partial charge on any atom is 0.280 e. The van der Waals surface area contributed by atoms with E-state index in [-0.39, 0.29) is 12.5 Å². The summed E-state index contributed by atoms with van der Waals surface area (Å²) >= 11 is 0. The third-order valence-corrected chi connectivity index (χ3v) is 3.29. The number of oxime groups is 1. The second-order valence-electron chi connectivity index (χ2n) is 5.00. The van der Waals surface area contributed by atoms with Crippen molar-refractivity contribution in [3.8, 4) is 0 Å². The zero-order chi connectivity index (χ0) is 16.6. The van der Waals surface area contributed by atoms with E-state index >= 15 is 0 Å². The van der Waals surface area contributed by atoms with Crippen LogP contribution in [0.2, 0.25) is 0 Å². The third-order valence-electron chi connectivity index (χ3n) is 3.29. The molecular formula is C18H16N4O2. The lowest BCUT2D eigenvalue weighted by atomic mass is 10.2. The summed E-state index contributed by atoms with van der Waals surface area (Å²) in [7, 11) is 0. The predicted molar refractivity (Wildman–Crippen MR) is 94.0 cm³/mol. The minimum Gasteiger partial charge on any atom is -0.386 e. The van der Waals surface area contributed by atoms with Crippen LogP contribution < -0.4 is 5.43 Å². The van der Waals surface area contributed by atoms with Crippen LogP contribution in [0.3, 0.4) is 0 Å². The van der Waals surface area contributed by atoms with Crippen LogP contribution in [0.25, 0.3) is 10.9 Å². The number of H-pyrrole nitrogens is 1. The quantitative estimate of drug-likeness (QED) is 0.541. The van der Waals surface area contributed by atoms with Gasteiger partial charge in [0, 0.05) is 22.7 Å². The second-order valence-corrected chi connectivity index (χ2v) is 5.00. The van der Waals surface area contributed by atoms with Crippen molar-refractivity contribution in [2.75, 3.05) is 6.61 Å². The Balaban J connectivity index is 1.46. The van der Waals surface area contributed by atoms with Gasteiger partial charge in [-0.2, -0.15) is 5.10 Å². The minimum atomic E-state index is -0.378. The molecule has 0 bridgehead atoms. The molecule has 1 amide bonds. The van der Waals surface area contributed by atoms with Gasteiger partial charge in [0.2, 0.25) is 0 Å². The molecule has 6 nitrogen and oxygen atoms in total. The number of amides is 1. The average Bonchev–Trinajstić information content (AvgIpc) is 3.03. The van der Waals surface area contributed by atoms with Crippen molar-refractivity contribution >= 4 is 29.2 Å². The van der Waals surface area contributed by atoms with E-state index in [1.54, 1.807) is 12.4 Å². The first-order chi connectivity index (χ1) is 11.8. The normalized spacial score (nSPS) is 11.3. The smallest absolute Gasteiger partial charge is 0.280 e. The molecule has 1 heterocycles. The topological polar surface area (TPSA) is 78.8 Å². The number of nitrogens with zero attached hydrogens (tertiary/aromatic N) is 2. The summed E-state index contributed by atoms with van der Waals surface area (Å²) in [5, 5.41) is 8.70. The predicted octanol–water partition coefficient (Wildman–Crippen LogP) is 2.67. The summed E-state index contributed by atoms with van der Waals surface area (Å²) in [6, 6.07) is 17.3. The Kier molecular flexibility index (Phi) is 4.99. The maximum absolute atomic E-state index is 11.6. The summed E-state index contributed by atoms with van der Waals surface area (Å²) in [4.78, 5) is 19.7. The van der Waals surface area contributed by atoms with E-state index in [2.05, 4.69) is 20.7 Å². The van der Waals surface area contributed by atoms with Gasteiger partial charge in [0.15, 0.2) is 6.61 Å². The van der Waals surface area contributed by atoms with E-state index in [0.29, 0.717) is 0 Å². The van der Waals surface area contributed by atoms with Crippen LogP contribution in [-0.4, -0.2) is 29.9 Å². The van der Waals surface area contributed by atoms with Crippen LogP contribution in [0.4, 0.5) is 0 Å². The number of aromatic amines is 1. The fourth-order valence-corrected chi connectivity index (χ4v) is 2.14. The summed E-state index contributed by atoms with van der Waals surface area (Å²) in [6.45, 7) is -0.200. The van der Waals surface area contributed by atoms with Gasteiger partial charge in [0.25, 0.3) is 5.91 Å². The molecule has 0 aliphatic heterocycles. The third kappa shape index (κ3) is 4.07. The molecule has 0 aliphatic rings. The second kappa shape index (κ2) is 7.73. The number of benzene rings is 2. The van der Waals surface area contributed by atoms with Gasteiger partial charge in [-0.3, -0.25) is 4.79 Å². The van der Waals surface area contributed by atoms with Crippen molar-refractivity contribution < 1.29 is 9.63 Å². The van der Waals surface area contributed by atoms with Crippen molar-refractivity contribution in [1.29, 1.82) is 0 Å². The lowest BCUT2D eigenvalue weighted by Crippen LogP contribution is -2.22. The first kappa shape index (κ1) is 15.5. The van der Waals surface area contributed by atoms with E-state index < -0.39 is 0 Å². The van der Waals surface area contributed by atoms with Gasteiger partial charge in [-0.15, -0.1) is 0 Å². The Morgan fingerprint density at radius 1 is 1.08 bits per heavy atom. The molecule has 0 atom stereocenters. The molecule has 0 spiro atoms. The van der Waals surface area contributed by atoms with Gasteiger partial charge in [-0.1, -0.05) is 53.7 Å². The number of hydrogen-bond donors (Lipinski definition) is 2. The molecule has 24 heavy (non-hydrogen) atoms. The zero-order valence-corrected chi connectivity index (χ0v) is 12.8. The largest absolute Gasteiger partial charge is 0.386 e. The molecule has 0 fully saturated rings. The van der Waals surface area contributed by atoms with Crippen LogP contribution >= 0.6 is 0 Å². The van der Waals surface area contributed by atoms with Crippen molar-refractivity contribution in [2.24, 2.45) is 10.3 Å². The van der Waals surface area contributed by atoms with Gasteiger partial charge in [-0.05, 0) is 11.6 Å². The van der Waals surface area contributed by atoms with Gasteiger partial charge < -0.3 is 9.82 Å². The Labute approximate surface area is 138 Å². The Morgan fingerprint density at radius 3 is 2.75 bits per heavy atom. The van der Waals surface area contributed by atoms with Crippen molar-refractivity contribution in [3.63, 3.8) is 0 Å². The number of fused-ring (bicyclic) bond motifs is 1. The number of para-hydroxylation sites is 1. The monoisotopic (exact) mass is 320 g/mol. The van der Waals surface area contributed by atoms with Gasteiger partial charge in [0.05, 0.1) is 12.4 Å². The van der Waals surface area contributed by atoms with E-state index in [1.807, 2.05) is 60.8 Å². The van der Waals surface area contributed by atoms with Crippen molar-refractivity contribution in [1.82, 2.24) is 10.4 Å². The summed E-state index contributed by atoms with van der Waals surface area (Å²) < 4.78 is 0. The van der Waals surface area contributed by atoms with E-state index in [9.17, 15) is 4.79 Å². The summed E-state index contributed by atoms with van der Waals surface area (Å²) in [5.41, 5.74) is 5.22. The highest BCUT2D eigenvalue weighted by atomic mass is 16.6. The van der Waals surface area contributed by atoms with Gasteiger partial charge >= 0.3 is 0 Å². The maximum atomic E-state index is 11.6. The molecule has 0 radical (unpaired) electrons. The van der Waals surface area contributed by atoms with E-state index in [4.69, 9.17) is 4.84 Å². The first-order valence-electron chi connectivity index (χ1n) is 7.41. The molecule has 3 aromatic rings. The zero-order valence-electron chi connectivity index (χ0n) is 12.8. The average molecular weight is 320 g/mol. The number of hydrogen-bond acceptors (Lipinski definition) is 4. The number of nitrogens with one attached hydrogen (secondary N) is 2. The molecule has 0 saturated carbocycles. The highest BCUT2D eigenvalue weighted by Gasteiger charge is 2.01.